The maximum absolute atomic E-state index is 12.5. The lowest BCUT2D eigenvalue weighted by Crippen LogP contribution is -2.13. The average molecular weight is 369 g/mol. The molecule has 0 atom stereocenters. The number of aryl methyl sites for hydroxylation is 2. The molecule has 2 heterocycles. The molecule has 0 aliphatic carbocycles. The molecule has 0 saturated heterocycles. The molecule has 0 radical (unpaired) electrons. The van der Waals surface area contributed by atoms with Crippen LogP contribution in [0.1, 0.15) is 21.5 Å². The number of amides is 1. The van der Waals surface area contributed by atoms with E-state index in [0.29, 0.717) is 5.56 Å². The summed E-state index contributed by atoms with van der Waals surface area (Å²) in [6.07, 6.45) is 4.94. The van der Waals surface area contributed by atoms with Gasteiger partial charge in [0.15, 0.2) is 5.76 Å². The predicted molar refractivity (Wildman–Crippen MR) is 109 cm³/mol. The predicted octanol–water partition coefficient (Wildman–Crippen LogP) is 5.27. The molecule has 2 aromatic heterocycles. The van der Waals surface area contributed by atoms with E-state index in [2.05, 4.69) is 34.5 Å². The Morgan fingerprint density at radius 1 is 0.893 bits per heavy atom. The molecule has 1 N–H and O–H groups in total. The van der Waals surface area contributed by atoms with Gasteiger partial charge in [-0.3, -0.25) is 9.78 Å². The van der Waals surface area contributed by atoms with E-state index in [4.69, 9.17) is 4.52 Å². The quantitative estimate of drug-likeness (QED) is 0.532. The van der Waals surface area contributed by atoms with Gasteiger partial charge in [-0.05, 0) is 60.4 Å². The van der Waals surface area contributed by atoms with Gasteiger partial charge in [0.2, 0.25) is 0 Å². The van der Waals surface area contributed by atoms with Crippen molar-refractivity contribution in [2.45, 2.75) is 13.8 Å². The Kier molecular flexibility index (Phi) is 4.72. The van der Waals surface area contributed by atoms with Crippen LogP contribution >= 0.6 is 0 Å². The van der Waals surface area contributed by atoms with E-state index >= 15 is 0 Å². The van der Waals surface area contributed by atoms with E-state index in [-0.39, 0.29) is 5.91 Å². The van der Waals surface area contributed by atoms with Crippen molar-refractivity contribution in [3.05, 3.63) is 89.9 Å². The average Bonchev–Trinajstić information content (AvgIpc) is 3.24. The van der Waals surface area contributed by atoms with Crippen LogP contribution in [0.25, 0.3) is 22.5 Å². The van der Waals surface area contributed by atoms with Gasteiger partial charge in [0.1, 0.15) is 0 Å². The summed E-state index contributed by atoms with van der Waals surface area (Å²) >= 11 is 0. The van der Waals surface area contributed by atoms with Crippen molar-refractivity contribution in [1.82, 2.24) is 10.1 Å². The lowest BCUT2D eigenvalue weighted by molar-refractivity contribution is 0.102. The number of carbonyl (C=O) groups is 1. The lowest BCUT2D eigenvalue weighted by Gasteiger charge is -2.10. The van der Waals surface area contributed by atoms with Gasteiger partial charge in [-0.2, -0.15) is 0 Å². The van der Waals surface area contributed by atoms with Crippen LogP contribution < -0.4 is 5.32 Å². The number of rotatable bonds is 4. The van der Waals surface area contributed by atoms with E-state index in [1.165, 1.54) is 0 Å². The summed E-state index contributed by atoms with van der Waals surface area (Å²) in [5.74, 6) is 0.592. The normalized spacial score (nSPS) is 10.6. The molecule has 0 aliphatic heterocycles. The highest BCUT2D eigenvalue weighted by molar-refractivity contribution is 6.05. The number of hydrogen-bond acceptors (Lipinski definition) is 4. The molecule has 4 aromatic rings. The molecule has 1 amide bonds. The Balaban J connectivity index is 1.58. The fourth-order valence-corrected chi connectivity index (χ4v) is 3.11. The topological polar surface area (TPSA) is 68.0 Å². The maximum Gasteiger partial charge on any atom is 0.256 e. The van der Waals surface area contributed by atoms with Gasteiger partial charge in [0, 0.05) is 35.3 Å². The van der Waals surface area contributed by atoms with Crippen LogP contribution in [-0.4, -0.2) is 16.0 Å². The van der Waals surface area contributed by atoms with Crippen LogP contribution in [0.2, 0.25) is 0 Å². The number of benzene rings is 2. The highest BCUT2D eigenvalue weighted by atomic mass is 16.5. The molecule has 2 aromatic carbocycles. The molecule has 0 bridgehead atoms. The molecule has 28 heavy (non-hydrogen) atoms. The van der Waals surface area contributed by atoms with E-state index in [9.17, 15) is 4.79 Å². The molecule has 5 heteroatoms. The number of hydrogen-bond donors (Lipinski definition) is 1. The molecule has 0 spiro atoms. The van der Waals surface area contributed by atoms with Crippen LogP contribution in [-0.2, 0) is 0 Å². The second kappa shape index (κ2) is 7.48. The second-order valence-corrected chi connectivity index (χ2v) is 6.63. The zero-order chi connectivity index (χ0) is 19.5. The Labute approximate surface area is 163 Å². The van der Waals surface area contributed by atoms with Gasteiger partial charge in [-0.15, -0.1) is 0 Å². The standard InChI is InChI=1S/C23H19N3O2/c1-15-3-4-18(22-10-12-25-28-22)13-21(15)17-5-7-19(8-6-17)26-23(27)20-9-11-24-14-16(20)2/h3-14H,1-2H3,(H,26,27). The van der Waals surface area contributed by atoms with Crippen molar-refractivity contribution in [3.8, 4) is 22.5 Å². The van der Waals surface area contributed by atoms with E-state index in [0.717, 1.165) is 39.3 Å². The van der Waals surface area contributed by atoms with E-state index in [1.807, 2.05) is 43.3 Å². The molecule has 4 rings (SSSR count). The van der Waals surface area contributed by atoms with Crippen LogP contribution in [0, 0.1) is 13.8 Å². The third-order valence-corrected chi connectivity index (χ3v) is 4.68. The molecule has 0 fully saturated rings. The highest BCUT2D eigenvalue weighted by Gasteiger charge is 2.10. The molecule has 0 aliphatic rings. The Morgan fingerprint density at radius 2 is 1.68 bits per heavy atom. The molecular weight excluding hydrogens is 350 g/mol. The Bertz CT molecular complexity index is 1120. The molecular formula is C23H19N3O2. The molecule has 0 unspecified atom stereocenters. The summed E-state index contributed by atoms with van der Waals surface area (Å²) in [4.78, 5) is 16.5. The number of nitrogens with zero attached hydrogens (tertiary/aromatic N) is 2. The first-order valence-corrected chi connectivity index (χ1v) is 8.96. The van der Waals surface area contributed by atoms with Crippen molar-refractivity contribution in [1.29, 1.82) is 0 Å². The van der Waals surface area contributed by atoms with Gasteiger partial charge in [0.25, 0.3) is 5.91 Å². The Hall–Kier alpha value is -3.73. The van der Waals surface area contributed by atoms with Crippen molar-refractivity contribution >= 4 is 11.6 Å². The zero-order valence-electron chi connectivity index (χ0n) is 15.6. The van der Waals surface area contributed by atoms with Gasteiger partial charge in [-0.25, -0.2) is 0 Å². The fourth-order valence-electron chi connectivity index (χ4n) is 3.11. The number of carbonyl (C=O) groups excluding carboxylic acids is 1. The molecule has 138 valence electrons. The minimum absolute atomic E-state index is 0.142. The minimum Gasteiger partial charge on any atom is -0.356 e. The van der Waals surface area contributed by atoms with Gasteiger partial charge < -0.3 is 9.84 Å². The third kappa shape index (κ3) is 3.55. The summed E-state index contributed by atoms with van der Waals surface area (Å²) < 4.78 is 5.26. The second-order valence-electron chi connectivity index (χ2n) is 6.63. The van der Waals surface area contributed by atoms with E-state index in [1.54, 1.807) is 24.7 Å². The van der Waals surface area contributed by atoms with Crippen molar-refractivity contribution in [2.75, 3.05) is 5.32 Å². The van der Waals surface area contributed by atoms with Crippen molar-refractivity contribution < 1.29 is 9.32 Å². The van der Waals surface area contributed by atoms with Crippen molar-refractivity contribution in [3.63, 3.8) is 0 Å². The smallest absolute Gasteiger partial charge is 0.256 e. The first-order chi connectivity index (χ1) is 13.6. The van der Waals surface area contributed by atoms with Gasteiger partial charge in [-0.1, -0.05) is 29.4 Å². The first-order valence-electron chi connectivity index (χ1n) is 8.96. The number of nitrogens with one attached hydrogen (secondary N) is 1. The SMILES string of the molecule is Cc1cnccc1C(=O)Nc1ccc(-c2cc(-c3ccno3)ccc2C)cc1. The highest BCUT2D eigenvalue weighted by Crippen LogP contribution is 2.30. The summed E-state index contributed by atoms with van der Waals surface area (Å²) in [6.45, 7) is 3.94. The monoisotopic (exact) mass is 369 g/mol. The number of anilines is 1. The summed E-state index contributed by atoms with van der Waals surface area (Å²) in [5.41, 5.74) is 6.52. The zero-order valence-corrected chi connectivity index (χ0v) is 15.6. The van der Waals surface area contributed by atoms with Crippen LogP contribution in [0.5, 0.6) is 0 Å². The summed E-state index contributed by atoms with van der Waals surface area (Å²) in [5, 5.41) is 6.71. The van der Waals surface area contributed by atoms with Crippen LogP contribution in [0.15, 0.2) is 77.7 Å². The minimum atomic E-state index is -0.142. The lowest BCUT2D eigenvalue weighted by atomic mass is 9.97. The maximum atomic E-state index is 12.5. The number of pyridine rings is 1. The van der Waals surface area contributed by atoms with Crippen molar-refractivity contribution in [2.24, 2.45) is 0 Å². The van der Waals surface area contributed by atoms with Gasteiger partial charge in [0.05, 0.1) is 6.20 Å². The largest absolute Gasteiger partial charge is 0.356 e. The first kappa shape index (κ1) is 17.7. The number of aromatic nitrogens is 2. The van der Waals surface area contributed by atoms with Crippen LogP contribution in [0.3, 0.4) is 0 Å². The van der Waals surface area contributed by atoms with Crippen LogP contribution in [0.4, 0.5) is 5.69 Å². The summed E-state index contributed by atoms with van der Waals surface area (Å²) in [7, 11) is 0. The molecule has 5 nitrogen and oxygen atoms in total. The molecule has 0 saturated carbocycles. The van der Waals surface area contributed by atoms with Gasteiger partial charge >= 0.3 is 0 Å². The third-order valence-electron chi connectivity index (χ3n) is 4.68. The van der Waals surface area contributed by atoms with E-state index < -0.39 is 0 Å². The fraction of sp³-hybridized carbons (Fsp3) is 0.0870. The Morgan fingerprint density at radius 3 is 2.39 bits per heavy atom. The summed E-state index contributed by atoms with van der Waals surface area (Å²) in [6, 6.07) is 17.5.